The summed E-state index contributed by atoms with van der Waals surface area (Å²) in [5.74, 6) is 0. The first-order valence-electron chi connectivity index (χ1n) is 19.1. The minimum atomic E-state index is -4.20. The van der Waals surface area contributed by atoms with E-state index >= 15 is 0 Å². The third kappa shape index (κ3) is 6.69. The van der Waals surface area contributed by atoms with Crippen LogP contribution in [0.15, 0.2) is 176 Å². The number of sulfone groups is 2. The summed E-state index contributed by atoms with van der Waals surface area (Å²) >= 11 is 0. The first-order valence-corrected chi connectivity index (χ1v) is 22.1. The third-order valence-electron chi connectivity index (χ3n) is 11.1. The molecule has 0 N–H and O–H groups in total. The lowest BCUT2D eigenvalue weighted by molar-refractivity contribution is 0.602. The van der Waals surface area contributed by atoms with Crippen LogP contribution in [-0.4, -0.2) is 16.8 Å². The van der Waals surface area contributed by atoms with Crippen molar-refractivity contribution in [3.63, 3.8) is 0 Å². The molecular weight excluding hydrogens is 769 g/mol. The highest BCUT2D eigenvalue weighted by Crippen LogP contribution is 2.53. The molecule has 0 bridgehead atoms. The molecule has 0 saturated carbocycles. The average molecular weight is 803 g/mol. The van der Waals surface area contributed by atoms with Crippen molar-refractivity contribution in [2.75, 3.05) is 0 Å². The maximum atomic E-state index is 14.1. The monoisotopic (exact) mass is 802 g/mol. The second-order valence-electron chi connectivity index (χ2n) is 14.6. The van der Waals surface area contributed by atoms with Gasteiger partial charge in [0.2, 0.25) is 19.7 Å². The number of nitriles is 2. The summed E-state index contributed by atoms with van der Waals surface area (Å²) in [4.78, 5) is -0.655. The summed E-state index contributed by atoms with van der Waals surface area (Å²) in [6.45, 7) is 0. The normalized spacial score (nSPS) is 16.4. The smallest absolute Gasteiger partial charge is 0.217 e. The van der Waals surface area contributed by atoms with Gasteiger partial charge >= 0.3 is 0 Å². The molecule has 0 radical (unpaired) electrons. The van der Waals surface area contributed by atoms with E-state index in [-0.39, 0.29) is 30.7 Å². The van der Waals surface area contributed by atoms with Gasteiger partial charge in [-0.25, -0.2) is 16.8 Å². The van der Waals surface area contributed by atoms with Gasteiger partial charge in [0.15, 0.2) is 9.81 Å². The number of hydrogen-bond donors (Lipinski definition) is 0. The topological polar surface area (TPSA) is 116 Å². The molecule has 284 valence electrons. The van der Waals surface area contributed by atoms with Crippen LogP contribution in [0.25, 0.3) is 57.7 Å². The molecule has 6 aromatic carbocycles. The van der Waals surface area contributed by atoms with Crippen molar-refractivity contribution >= 4 is 55.1 Å². The van der Waals surface area contributed by atoms with Crippen LogP contribution in [0.1, 0.15) is 52.6 Å². The molecule has 6 aromatic rings. The zero-order chi connectivity index (χ0) is 40.7. The number of allylic oxidation sites excluding steroid dienone is 6. The Bertz CT molecular complexity index is 2960. The molecule has 0 amide bonds. The second kappa shape index (κ2) is 15.0. The molecule has 9 rings (SSSR count). The third-order valence-corrected chi connectivity index (χ3v) is 14.6. The molecule has 0 atom stereocenters. The Hall–Kier alpha value is -7.10. The number of hydrogen-bond acceptors (Lipinski definition) is 6. The largest absolute Gasteiger partial charge is 0.218 e. The van der Waals surface area contributed by atoms with E-state index in [0.29, 0.717) is 52.7 Å². The molecule has 0 fully saturated rings. The molecule has 3 aliphatic rings. The summed E-state index contributed by atoms with van der Waals surface area (Å²) < 4.78 is 56.4. The highest BCUT2D eigenvalue weighted by atomic mass is 32.2. The van der Waals surface area contributed by atoms with E-state index in [1.165, 1.54) is 0 Å². The average Bonchev–Trinajstić information content (AvgIpc) is 3.90. The fraction of sp³-hybridized carbons (Fsp3) is 0.0588. The lowest BCUT2D eigenvalue weighted by Gasteiger charge is -2.13. The summed E-state index contributed by atoms with van der Waals surface area (Å²) in [7, 11) is -8.40. The zero-order valence-electron chi connectivity index (χ0n) is 31.6. The molecule has 0 spiro atoms. The van der Waals surface area contributed by atoms with Crippen molar-refractivity contribution in [3.05, 3.63) is 200 Å². The van der Waals surface area contributed by atoms with Crippen LogP contribution in [0.4, 0.5) is 0 Å². The zero-order valence-corrected chi connectivity index (χ0v) is 33.3. The van der Waals surface area contributed by atoms with Crippen molar-refractivity contribution in [1.82, 2.24) is 0 Å². The quantitative estimate of drug-likeness (QED) is 0.142. The van der Waals surface area contributed by atoms with Crippen LogP contribution < -0.4 is 0 Å². The lowest BCUT2D eigenvalue weighted by atomic mass is 9.88. The molecule has 0 saturated heterocycles. The van der Waals surface area contributed by atoms with Crippen molar-refractivity contribution in [1.29, 1.82) is 10.5 Å². The van der Waals surface area contributed by atoms with Crippen LogP contribution in [-0.2, 0) is 19.7 Å². The van der Waals surface area contributed by atoms with Crippen molar-refractivity contribution in [3.8, 4) is 34.4 Å². The summed E-state index contributed by atoms with van der Waals surface area (Å²) in [6.07, 6.45) is 9.52. The van der Waals surface area contributed by atoms with Crippen molar-refractivity contribution in [2.24, 2.45) is 0 Å². The predicted octanol–water partition coefficient (Wildman–Crippen LogP) is 11.6. The van der Waals surface area contributed by atoms with Gasteiger partial charge in [0.25, 0.3) is 0 Å². The lowest BCUT2D eigenvalue weighted by Crippen LogP contribution is -2.00. The van der Waals surface area contributed by atoms with Gasteiger partial charge < -0.3 is 0 Å². The molecule has 8 heteroatoms. The molecule has 59 heavy (non-hydrogen) atoms. The Labute approximate surface area is 344 Å². The summed E-state index contributed by atoms with van der Waals surface area (Å²) in [5.41, 5.74) is 9.69. The minimum absolute atomic E-state index is 0.0356. The molecular formula is C51H34N2O4S2. The standard InChI is InChI=1S/C51H34N2O4S2/c52-32-48-50(44-28-26-40(30-46(44)58(48,54)55)38-22-18-36(19-23-38)16-14-34-8-3-1-4-9-34)42-12-7-13-43(42)51-45-29-27-41(31-47(45)59(56,57)49(51)33-53)39-24-20-37(21-25-39)17-15-35-10-5-2-6-11-35/h1-6,8-11,14-31H,7,12-13H2/b16-14+,17-15+. The minimum Gasteiger partial charge on any atom is -0.218 e. The Kier molecular flexibility index (Phi) is 9.53. The number of benzene rings is 6. The molecule has 1 aliphatic carbocycles. The van der Waals surface area contributed by atoms with Gasteiger partial charge in [-0.15, -0.1) is 0 Å². The van der Waals surface area contributed by atoms with Crippen molar-refractivity contribution in [2.45, 2.75) is 29.1 Å². The van der Waals surface area contributed by atoms with Gasteiger partial charge in [0, 0.05) is 22.3 Å². The van der Waals surface area contributed by atoms with Crippen LogP contribution in [0.3, 0.4) is 0 Å². The first-order chi connectivity index (χ1) is 28.7. The van der Waals surface area contributed by atoms with E-state index in [4.69, 9.17) is 0 Å². The Morgan fingerprint density at radius 3 is 1.12 bits per heavy atom. The predicted molar refractivity (Wildman–Crippen MR) is 235 cm³/mol. The highest BCUT2D eigenvalue weighted by molar-refractivity contribution is 7.96. The van der Waals surface area contributed by atoms with Crippen LogP contribution >= 0.6 is 0 Å². The fourth-order valence-electron chi connectivity index (χ4n) is 8.21. The molecule has 6 nitrogen and oxygen atoms in total. The van der Waals surface area contributed by atoms with Gasteiger partial charge in [0.1, 0.15) is 12.1 Å². The van der Waals surface area contributed by atoms with E-state index in [0.717, 1.165) is 33.4 Å². The van der Waals surface area contributed by atoms with Gasteiger partial charge in [-0.3, -0.25) is 0 Å². The maximum absolute atomic E-state index is 14.1. The van der Waals surface area contributed by atoms with E-state index in [1.54, 1.807) is 24.3 Å². The van der Waals surface area contributed by atoms with E-state index in [2.05, 4.69) is 0 Å². The SMILES string of the molecule is N#CC1=C(C2=C(C3=C(C#N)S(=O)(=O)c4cc(-c5ccc(/C=C/c6ccccc6)cc5)ccc43)CCC2)c2ccc(-c3ccc(/C=C/c4ccccc4)cc3)cc2S1(=O)=O. The van der Waals surface area contributed by atoms with Crippen LogP contribution in [0.5, 0.6) is 0 Å². The summed E-state index contributed by atoms with van der Waals surface area (Å²) in [5, 5.41) is 20.8. The molecule has 0 unspecified atom stereocenters. The van der Waals surface area contributed by atoms with Gasteiger partial charge in [-0.1, -0.05) is 158 Å². The van der Waals surface area contributed by atoms with E-state index in [9.17, 15) is 27.4 Å². The van der Waals surface area contributed by atoms with Crippen LogP contribution in [0.2, 0.25) is 0 Å². The van der Waals surface area contributed by atoms with E-state index in [1.807, 2.05) is 158 Å². The number of fused-ring (bicyclic) bond motifs is 2. The number of nitrogens with zero attached hydrogens (tertiary/aromatic N) is 2. The second-order valence-corrected chi connectivity index (χ2v) is 18.3. The molecule has 2 heterocycles. The van der Waals surface area contributed by atoms with Gasteiger partial charge in [0.05, 0.1) is 9.79 Å². The van der Waals surface area contributed by atoms with Crippen LogP contribution in [0, 0.1) is 22.7 Å². The Balaban J connectivity index is 1.06. The Morgan fingerprint density at radius 2 is 0.763 bits per heavy atom. The summed E-state index contributed by atoms with van der Waals surface area (Å²) in [6, 6.07) is 49.9. The molecule has 0 aromatic heterocycles. The van der Waals surface area contributed by atoms with E-state index < -0.39 is 19.7 Å². The fourth-order valence-corrected chi connectivity index (χ4v) is 11.4. The van der Waals surface area contributed by atoms with Gasteiger partial charge in [-0.05, 0) is 87.0 Å². The first kappa shape index (κ1) is 37.5. The number of rotatable bonds is 8. The molecule has 2 aliphatic heterocycles. The van der Waals surface area contributed by atoms with Crippen molar-refractivity contribution < 1.29 is 16.8 Å². The highest BCUT2D eigenvalue weighted by Gasteiger charge is 2.43. The maximum Gasteiger partial charge on any atom is 0.217 e. The Morgan fingerprint density at radius 1 is 0.424 bits per heavy atom. The van der Waals surface area contributed by atoms with Gasteiger partial charge in [-0.2, -0.15) is 10.5 Å².